The Morgan fingerprint density at radius 2 is 2.33 bits per heavy atom. The molecule has 0 aromatic carbocycles. The fraction of sp³-hybridized carbons (Fsp3) is 0.571. The molecule has 0 fully saturated rings. The van der Waals surface area contributed by atoms with E-state index in [0.717, 1.165) is 31.4 Å². The van der Waals surface area contributed by atoms with Gasteiger partial charge in [-0.2, -0.15) is 5.26 Å². The van der Waals surface area contributed by atoms with Gasteiger partial charge in [0, 0.05) is 31.5 Å². The van der Waals surface area contributed by atoms with Crippen LogP contribution in [0.2, 0.25) is 0 Å². The van der Waals surface area contributed by atoms with Gasteiger partial charge >= 0.3 is 0 Å². The molecular formula is C14H18N2O2. The number of nitrogens with zero attached hydrogens (tertiary/aromatic N) is 2. The summed E-state index contributed by atoms with van der Waals surface area (Å²) in [6.45, 7) is 1.35. The SMILES string of the molecule is COCCCn1c2c(cc(CC#N)c1=O)CCC2. The van der Waals surface area contributed by atoms with Crippen molar-refractivity contribution in [1.29, 1.82) is 5.26 Å². The predicted octanol–water partition coefficient (Wildman–Crippen LogP) is 1.44. The minimum Gasteiger partial charge on any atom is -0.385 e. The van der Waals surface area contributed by atoms with Crippen molar-refractivity contribution in [2.45, 2.75) is 38.6 Å². The van der Waals surface area contributed by atoms with Crippen molar-refractivity contribution in [3.8, 4) is 6.07 Å². The number of pyridine rings is 1. The first-order chi connectivity index (χ1) is 8.77. The Labute approximate surface area is 107 Å². The molecule has 1 aromatic rings. The minimum absolute atomic E-state index is 0.00769. The lowest BCUT2D eigenvalue weighted by Crippen LogP contribution is -2.27. The van der Waals surface area contributed by atoms with Crippen molar-refractivity contribution in [1.82, 2.24) is 4.57 Å². The van der Waals surface area contributed by atoms with E-state index in [4.69, 9.17) is 10.00 Å². The predicted molar refractivity (Wildman–Crippen MR) is 68.5 cm³/mol. The summed E-state index contributed by atoms with van der Waals surface area (Å²) in [5.74, 6) is 0. The van der Waals surface area contributed by atoms with Crippen LogP contribution in [0.4, 0.5) is 0 Å². The Morgan fingerprint density at radius 3 is 3.06 bits per heavy atom. The third kappa shape index (κ3) is 2.46. The summed E-state index contributed by atoms with van der Waals surface area (Å²) in [6, 6.07) is 4.00. The van der Waals surface area contributed by atoms with Crippen LogP contribution in [0, 0.1) is 11.3 Å². The summed E-state index contributed by atoms with van der Waals surface area (Å²) >= 11 is 0. The average molecular weight is 246 g/mol. The number of fused-ring (bicyclic) bond motifs is 1. The molecule has 4 nitrogen and oxygen atoms in total. The molecule has 1 aliphatic rings. The highest BCUT2D eigenvalue weighted by Gasteiger charge is 2.18. The van der Waals surface area contributed by atoms with Crippen LogP contribution in [-0.2, 0) is 30.5 Å². The van der Waals surface area contributed by atoms with E-state index in [9.17, 15) is 4.79 Å². The van der Waals surface area contributed by atoms with Crippen LogP contribution in [0.3, 0.4) is 0 Å². The van der Waals surface area contributed by atoms with Crippen molar-refractivity contribution in [2.24, 2.45) is 0 Å². The first-order valence-corrected chi connectivity index (χ1v) is 6.38. The van der Waals surface area contributed by atoms with Crippen molar-refractivity contribution in [2.75, 3.05) is 13.7 Å². The summed E-state index contributed by atoms with van der Waals surface area (Å²) in [5.41, 5.74) is 3.05. The number of methoxy groups -OCH3 is 1. The van der Waals surface area contributed by atoms with Gasteiger partial charge in [-0.3, -0.25) is 4.79 Å². The minimum atomic E-state index is 0.00769. The van der Waals surface area contributed by atoms with Crippen molar-refractivity contribution in [3.05, 3.63) is 33.2 Å². The number of ether oxygens (including phenoxy) is 1. The quantitative estimate of drug-likeness (QED) is 0.739. The largest absolute Gasteiger partial charge is 0.385 e. The Balaban J connectivity index is 2.36. The molecule has 0 saturated carbocycles. The summed E-state index contributed by atoms with van der Waals surface area (Å²) < 4.78 is 6.89. The number of hydrogen-bond donors (Lipinski definition) is 0. The Kier molecular flexibility index (Phi) is 4.16. The highest BCUT2D eigenvalue weighted by atomic mass is 16.5. The maximum atomic E-state index is 12.3. The van der Waals surface area contributed by atoms with Gasteiger partial charge < -0.3 is 9.30 Å². The van der Waals surface area contributed by atoms with Crippen LogP contribution >= 0.6 is 0 Å². The van der Waals surface area contributed by atoms with Gasteiger partial charge in [0.1, 0.15) is 0 Å². The number of rotatable bonds is 5. The molecule has 0 spiro atoms. The normalized spacial score (nSPS) is 13.3. The van der Waals surface area contributed by atoms with E-state index in [-0.39, 0.29) is 12.0 Å². The van der Waals surface area contributed by atoms with Crippen LogP contribution < -0.4 is 5.56 Å². The zero-order valence-electron chi connectivity index (χ0n) is 10.7. The van der Waals surface area contributed by atoms with Crippen LogP contribution in [0.1, 0.15) is 29.7 Å². The van der Waals surface area contributed by atoms with Gasteiger partial charge in [-0.1, -0.05) is 0 Å². The lowest BCUT2D eigenvalue weighted by atomic mass is 10.1. The molecule has 0 atom stereocenters. The molecule has 2 rings (SSSR count). The van der Waals surface area contributed by atoms with E-state index in [1.807, 2.05) is 10.6 Å². The zero-order chi connectivity index (χ0) is 13.0. The van der Waals surface area contributed by atoms with Gasteiger partial charge in [0.05, 0.1) is 12.5 Å². The third-order valence-corrected chi connectivity index (χ3v) is 3.42. The zero-order valence-corrected chi connectivity index (χ0v) is 10.7. The smallest absolute Gasteiger partial charge is 0.255 e. The van der Waals surface area contributed by atoms with E-state index in [1.165, 1.54) is 5.56 Å². The Bertz CT molecular complexity index is 526. The maximum Gasteiger partial charge on any atom is 0.255 e. The van der Waals surface area contributed by atoms with Gasteiger partial charge in [0.2, 0.25) is 0 Å². The number of aryl methyl sites for hydroxylation is 1. The lowest BCUT2D eigenvalue weighted by Gasteiger charge is -2.13. The fourth-order valence-corrected chi connectivity index (χ4v) is 2.60. The molecule has 96 valence electrons. The molecule has 0 unspecified atom stereocenters. The van der Waals surface area contributed by atoms with Crippen LogP contribution in [0.25, 0.3) is 0 Å². The van der Waals surface area contributed by atoms with Crippen molar-refractivity contribution >= 4 is 0 Å². The first-order valence-electron chi connectivity index (χ1n) is 6.38. The first kappa shape index (κ1) is 12.8. The molecule has 0 saturated heterocycles. The van der Waals surface area contributed by atoms with Gasteiger partial charge in [-0.15, -0.1) is 0 Å². The Hall–Kier alpha value is -1.60. The topological polar surface area (TPSA) is 55.0 Å². The molecule has 0 N–H and O–H groups in total. The summed E-state index contributed by atoms with van der Waals surface area (Å²) in [4.78, 5) is 12.3. The molecule has 0 aliphatic heterocycles. The average Bonchev–Trinajstić information content (AvgIpc) is 2.81. The van der Waals surface area contributed by atoms with E-state index >= 15 is 0 Å². The summed E-state index contributed by atoms with van der Waals surface area (Å²) in [7, 11) is 1.67. The van der Waals surface area contributed by atoms with Crippen LogP contribution in [-0.4, -0.2) is 18.3 Å². The summed E-state index contributed by atoms with van der Waals surface area (Å²) in [5, 5.41) is 8.78. The van der Waals surface area contributed by atoms with Crippen molar-refractivity contribution < 1.29 is 4.74 Å². The number of hydrogen-bond acceptors (Lipinski definition) is 3. The third-order valence-electron chi connectivity index (χ3n) is 3.42. The van der Waals surface area contributed by atoms with E-state index < -0.39 is 0 Å². The molecule has 1 aromatic heterocycles. The van der Waals surface area contributed by atoms with Gasteiger partial charge in [0.15, 0.2) is 0 Å². The highest BCUT2D eigenvalue weighted by Crippen LogP contribution is 2.21. The number of aromatic nitrogens is 1. The molecular weight excluding hydrogens is 228 g/mol. The second-order valence-corrected chi connectivity index (χ2v) is 4.63. The second-order valence-electron chi connectivity index (χ2n) is 4.63. The monoisotopic (exact) mass is 246 g/mol. The van der Waals surface area contributed by atoms with Crippen molar-refractivity contribution in [3.63, 3.8) is 0 Å². The molecule has 4 heteroatoms. The summed E-state index contributed by atoms with van der Waals surface area (Å²) in [6.07, 6.45) is 4.15. The fourth-order valence-electron chi connectivity index (χ4n) is 2.60. The highest BCUT2D eigenvalue weighted by molar-refractivity contribution is 5.31. The molecule has 0 bridgehead atoms. The van der Waals surface area contributed by atoms with Gasteiger partial charge in [-0.25, -0.2) is 0 Å². The van der Waals surface area contributed by atoms with Crippen LogP contribution in [0.5, 0.6) is 0 Å². The molecule has 1 aliphatic carbocycles. The molecule has 1 heterocycles. The van der Waals surface area contributed by atoms with E-state index in [1.54, 1.807) is 7.11 Å². The Morgan fingerprint density at radius 1 is 1.50 bits per heavy atom. The maximum absolute atomic E-state index is 12.3. The second kappa shape index (κ2) is 5.83. The number of nitriles is 1. The standard InChI is InChI=1S/C14H18N2O2/c1-18-9-3-8-16-13-5-2-4-11(13)10-12(6-7-15)14(16)17/h10H,2-6,8-9H2,1H3. The van der Waals surface area contributed by atoms with Crippen LogP contribution in [0.15, 0.2) is 10.9 Å². The molecule has 18 heavy (non-hydrogen) atoms. The van der Waals surface area contributed by atoms with Gasteiger partial charge in [0.25, 0.3) is 5.56 Å². The van der Waals surface area contributed by atoms with E-state index in [2.05, 4.69) is 6.07 Å². The lowest BCUT2D eigenvalue weighted by molar-refractivity contribution is 0.189. The molecule has 0 radical (unpaired) electrons. The van der Waals surface area contributed by atoms with Gasteiger partial charge in [-0.05, 0) is 37.3 Å². The van der Waals surface area contributed by atoms with E-state index in [0.29, 0.717) is 18.7 Å². The molecule has 0 amide bonds.